The van der Waals surface area contributed by atoms with E-state index in [2.05, 4.69) is 32.3 Å². The third kappa shape index (κ3) is 2.56. The maximum absolute atomic E-state index is 6.39. The fraction of sp³-hybridized carbons (Fsp3) is 0.312. The maximum Gasteiger partial charge on any atom is 0.218 e. The van der Waals surface area contributed by atoms with Crippen LogP contribution in [0.2, 0.25) is 5.02 Å². The molecule has 1 aromatic heterocycles. The van der Waals surface area contributed by atoms with Crippen molar-refractivity contribution in [3.63, 3.8) is 0 Å². The van der Waals surface area contributed by atoms with Gasteiger partial charge in [-0.15, -0.1) is 0 Å². The average molecular weight is 368 g/mol. The second kappa shape index (κ2) is 5.95. The smallest absolute Gasteiger partial charge is 0.218 e. The van der Waals surface area contributed by atoms with E-state index in [-0.39, 0.29) is 0 Å². The van der Waals surface area contributed by atoms with Crippen molar-refractivity contribution in [2.24, 2.45) is 0 Å². The summed E-state index contributed by atoms with van der Waals surface area (Å²) in [5.74, 6) is 0.690. The molecule has 1 unspecified atom stereocenters. The number of aryl methyl sites for hydroxylation is 1. The van der Waals surface area contributed by atoms with Crippen LogP contribution in [0.4, 0.5) is 0 Å². The van der Waals surface area contributed by atoms with Gasteiger partial charge in [0.1, 0.15) is 0 Å². The Morgan fingerprint density at radius 2 is 2.24 bits per heavy atom. The van der Waals surface area contributed by atoms with Gasteiger partial charge in [0.2, 0.25) is 5.88 Å². The summed E-state index contributed by atoms with van der Waals surface area (Å²) in [6.45, 7) is 0. The van der Waals surface area contributed by atoms with E-state index >= 15 is 0 Å². The molecule has 110 valence electrons. The monoisotopic (exact) mass is 366 g/mol. The van der Waals surface area contributed by atoms with Crippen LogP contribution in [0.1, 0.15) is 23.6 Å². The van der Waals surface area contributed by atoms with Crippen molar-refractivity contribution in [2.75, 3.05) is 14.2 Å². The lowest BCUT2D eigenvalue weighted by molar-refractivity contribution is 0.387. The summed E-state index contributed by atoms with van der Waals surface area (Å²) in [5, 5.41) is 4.00. The van der Waals surface area contributed by atoms with Gasteiger partial charge < -0.3 is 10.1 Å². The Hall–Kier alpha value is -1.10. The highest BCUT2D eigenvalue weighted by molar-refractivity contribution is 9.10. The first-order valence-corrected chi connectivity index (χ1v) is 8.02. The number of nitrogens with zero attached hydrogens (tertiary/aromatic N) is 1. The highest BCUT2D eigenvalue weighted by Gasteiger charge is 2.27. The first-order chi connectivity index (χ1) is 10.2. The van der Waals surface area contributed by atoms with Gasteiger partial charge in [0.15, 0.2) is 0 Å². The van der Waals surface area contributed by atoms with Gasteiger partial charge in [0.25, 0.3) is 0 Å². The van der Waals surface area contributed by atoms with Crippen molar-refractivity contribution in [1.82, 2.24) is 10.3 Å². The molecule has 0 spiro atoms. The number of fused-ring (bicyclic) bond motifs is 1. The molecule has 1 aliphatic rings. The molecule has 0 saturated heterocycles. The largest absolute Gasteiger partial charge is 0.481 e. The summed E-state index contributed by atoms with van der Waals surface area (Å²) >= 11 is 9.85. The van der Waals surface area contributed by atoms with Crippen molar-refractivity contribution in [2.45, 2.75) is 18.9 Å². The number of methoxy groups -OCH3 is 1. The van der Waals surface area contributed by atoms with Gasteiger partial charge in [-0.05, 0) is 53.5 Å². The summed E-state index contributed by atoms with van der Waals surface area (Å²) < 4.78 is 6.39. The van der Waals surface area contributed by atoms with Crippen LogP contribution in [0.5, 0.6) is 5.88 Å². The summed E-state index contributed by atoms with van der Waals surface area (Å²) in [7, 11) is 3.64. The summed E-state index contributed by atoms with van der Waals surface area (Å²) in [4.78, 5) is 4.67. The van der Waals surface area contributed by atoms with E-state index in [1.54, 1.807) is 7.11 Å². The van der Waals surface area contributed by atoms with Gasteiger partial charge in [-0.3, -0.25) is 0 Å². The van der Waals surface area contributed by atoms with E-state index in [1.165, 1.54) is 11.1 Å². The molecule has 0 radical (unpaired) electrons. The molecule has 1 aliphatic carbocycles. The Balaban J connectivity index is 2.16. The molecule has 21 heavy (non-hydrogen) atoms. The zero-order chi connectivity index (χ0) is 15.0. The minimum atomic E-state index is 0.314. The zero-order valence-corrected chi connectivity index (χ0v) is 14.3. The molecule has 1 atom stereocenters. The lowest BCUT2D eigenvalue weighted by Crippen LogP contribution is -2.14. The Labute approximate surface area is 137 Å². The van der Waals surface area contributed by atoms with E-state index in [1.807, 2.05) is 25.2 Å². The van der Waals surface area contributed by atoms with Crippen LogP contribution in [0.3, 0.4) is 0 Å². The normalized spacial score (nSPS) is 16.9. The lowest BCUT2D eigenvalue weighted by atomic mass is 10.1. The van der Waals surface area contributed by atoms with Gasteiger partial charge in [0, 0.05) is 21.6 Å². The SMILES string of the molecule is CNC1CCc2cc(-c3cccc(Br)c3Cl)nc(OC)c21. The average Bonchev–Trinajstić information content (AvgIpc) is 2.92. The number of hydrogen-bond acceptors (Lipinski definition) is 3. The molecule has 2 aromatic rings. The van der Waals surface area contributed by atoms with E-state index in [9.17, 15) is 0 Å². The molecule has 1 aromatic carbocycles. The van der Waals surface area contributed by atoms with Crippen molar-refractivity contribution in [1.29, 1.82) is 0 Å². The second-order valence-corrected chi connectivity index (χ2v) is 6.30. The predicted octanol–water partition coefficient (Wildman–Crippen LogP) is 4.38. The molecule has 3 nitrogen and oxygen atoms in total. The maximum atomic E-state index is 6.39. The van der Waals surface area contributed by atoms with Gasteiger partial charge in [-0.2, -0.15) is 0 Å². The summed E-state index contributed by atoms with van der Waals surface area (Å²) in [6, 6.07) is 8.31. The molecular formula is C16H16BrClN2O. The second-order valence-electron chi connectivity index (χ2n) is 5.07. The highest BCUT2D eigenvalue weighted by Crippen LogP contribution is 2.40. The first kappa shape index (κ1) is 14.8. The molecule has 3 rings (SSSR count). The van der Waals surface area contributed by atoms with Crippen molar-refractivity contribution < 1.29 is 4.74 Å². The minimum absolute atomic E-state index is 0.314. The van der Waals surface area contributed by atoms with Gasteiger partial charge in [0.05, 0.1) is 17.8 Å². The molecule has 1 N–H and O–H groups in total. The highest BCUT2D eigenvalue weighted by atomic mass is 79.9. The molecule has 1 heterocycles. The minimum Gasteiger partial charge on any atom is -0.481 e. The fourth-order valence-electron chi connectivity index (χ4n) is 2.89. The van der Waals surface area contributed by atoms with Crippen LogP contribution in [0, 0.1) is 0 Å². The number of nitrogens with one attached hydrogen (secondary N) is 1. The predicted molar refractivity (Wildman–Crippen MR) is 89.1 cm³/mol. The van der Waals surface area contributed by atoms with E-state index in [0.29, 0.717) is 16.9 Å². The van der Waals surface area contributed by atoms with E-state index < -0.39 is 0 Å². The van der Waals surface area contributed by atoms with Crippen molar-refractivity contribution in [3.05, 3.63) is 44.9 Å². The van der Waals surface area contributed by atoms with Crippen LogP contribution in [-0.4, -0.2) is 19.1 Å². The zero-order valence-electron chi connectivity index (χ0n) is 11.9. The quantitative estimate of drug-likeness (QED) is 0.874. The number of aromatic nitrogens is 1. The Kier molecular flexibility index (Phi) is 4.20. The third-order valence-corrected chi connectivity index (χ3v) is 5.23. The van der Waals surface area contributed by atoms with Gasteiger partial charge >= 0.3 is 0 Å². The molecular weight excluding hydrogens is 352 g/mol. The molecule has 0 saturated carbocycles. The number of halogens is 2. The lowest BCUT2D eigenvalue weighted by Gasteiger charge is -2.15. The standard InChI is InChI=1S/C16H16BrClN2O/c1-19-12-7-6-9-8-13(20-16(21-2)14(9)12)10-4-3-5-11(17)15(10)18/h3-5,8,12,19H,6-7H2,1-2H3. The van der Waals surface area contributed by atoms with Crippen LogP contribution < -0.4 is 10.1 Å². The Morgan fingerprint density at radius 3 is 2.95 bits per heavy atom. The first-order valence-electron chi connectivity index (χ1n) is 6.85. The molecule has 0 fully saturated rings. The van der Waals surface area contributed by atoms with Crippen LogP contribution in [-0.2, 0) is 6.42 Å². The number of hydrogen-bond donors (Lipinski definition) is 1. The van der Waals surface area contributed by atoms with E-state index in [0.717, 1.165) is 28.6 Å². The number of pyridine rings is 1. The van der Waals surface area contributed by atoms with Crippen LogP contribution in [0.15, 0.2) is 28.7 Å². The molecule has 0 amide bonds. The number of benzene rings is 1. The van der Waals surface area contributed by atoms with Crippen LogP contribution >= 0.6 is 27.5 Å². The van der Waals surface area contributed by atoms with E-state index in [4.69, 9.17) is 16.3 Å². The summed E-state index contributed by atoms with van der Waals surface area (Å²) in [5.41, 5.74) is 4.23. The number of rotatable bonds is 3. The topological polar surface area (TPSA) is 34.2 Å². The van der Waals surface area contributed by atoms with Crippen molar-refractivity contribution >= 4 is 27.5 Å². The molecule has 0 bridgehead atoms. The Bertz CT molecular complexity index is 690. The molecule has 5 heteroatoms. The summed E-state index contributed by atoms with van der Waals surface area (Å²) in [6.07, 6.45) is 2.10. The fourth-order valence-corrected chi connectivity index (χ4v) is 3.48. The van der Waals surface area contributed by atoms with Gasteiger partial charge in [-0.1, -0.05) is 23.7 Å². The van der Waals surface area contributed by atoms with Gasteiger partial charge in [-0.25, -0.2) is 4.98 Å². The number of ether oxygens (including phenoxy) is 1. The molecule has 0 aliphatic heterocycles. The third-order valence-electron chi connectivity index (χ3n) is 3.93. The van der Waals surface area contributed by atoms with Crippen LogP contribution in [0.25, 0.3) is 11.3 Å². The Morgan fingerprint density at radius 1 is 1.43 bits per heavy atom. The van der Waals surface area contributed by atoms with Crippen molar-refractivity contribution in [3.8, 4) is 17.1 Å².